The molecule has 0 saturated carbocycles. The van der Waals surface area contributed by atoms with Crippen LogP contribution in [0.3, 0.4) is 0 Å². The topological polar surface area (TPSA) is 50.7 Å². The third-order valence-electron chi connectivity index (χ3n) is 2.96. The number of thiazole rings is 1. The zero-order valence-electron chi connectivity index (χ0n) is 10.6. The molecule has 5 heteroatoms. The second-order valence-electron chi connectivity index (χ2n) is 4.39. The Hall–Kier alpha value is -2.01. The standard InChI is InChI=1S/C14H14N4S/c1-10-2-4-11(5-3-10)6-7-15-13-12-14(17-8-16-13)18-9-19-12/h2-5,8-9H,6-7H2,1H3,(H,15,16,17). The van der Waals surface area contributed by atoms with Gasteiger partial charge in [0.2, 0.25) is 0 Å². The van der Waals surface area contributed by atoms with Crippen molar-refractivity contribution in [2.45, 2.75) is 13.3 Å². The number of benzene rings is 1. The summed E-state index contributed by atoms with van der Waals surface area (Å²) in [5, 5.41) is 3.36. The van der Waals surface area contributed by atoms with E-state index in [1.807, 2.05) is 0 Å². The summed E-state index contributed by atoms with van der Waals surface area (Å²) in [5.41, 5.74) is 5.18. The fraction of sp³-hybridized carbons (Fsp3) is 0.214. The van der Waals surface area contributed by atoms with Gasteiger partial charge in [-0.3, -0.25) is 0 Å². The lowest BCUT2D eigenvalue weighted by Crippen LogP contribution is -2.06. The number of rotatable bonds is 4. The molecule has 0 fully saturated rings. The Bertz CT molecular complexity index is 675. The number of anilines is 1. The molecule has 0 aliphatic carbocycles. The van der Waals surface area contributed by atoms with Crippen LogP contribution in [-0.4, -0.2) is 21.5 Å². The van der Waals surface area contributed by atoms with Gasteiger partial charge in [-0.05, 0) is 18.9 Å². The molecule has 0 radical (unpaired) electrons. The highest BCUT2D eigenvalue weighted by Gasteiger charge is 2.05. The summed E-state index contributed by atoms with van der Waals surface area (Å²) in [6, 6.07) is 8.61. The van der Waals surface area contributed by atoms with E-state index in [2.05, 4.69) is 51.5 Å². The average Bonchev–Trinajstić information content (AvgIpc) is 2.90. The lowest BCUT2D eigenvalue weighted by molar-refractivity contribution is 1.00. The predicted molar refractivity (Wildman–Crippen MR) is 78.6 cm³/mol. The van der Waals surface area contributed by atoms with Crippen molar-refractivity contribution in [1.82, 2.24) is 15.0 Å². The number of hydrogen-bond acceptors (Lipinski definition) is 5. The van der Waals surface area contributed by atoms with Crippen LogP contribution in [-0.2, 0) is 6.42 Å². The van der Waals surface area contributed by atoms with Crippen LogP contribution >= 0.6 is 11.3 Å². The first kappa shape index (κ1) is 12.0. The molecule has 0 aliphatic heterocycles. The molecule has 0 amide bonds. The minimum absolute atomic E-state index is 0.762. The molecule has 19 heavy (non-hydrogen) atoms. The fourth-order valence-electron chi connectivity index (χ4n) is 1.90. The Morgan fingerprint density at radius 3 is 2.79 bits per heavy atom. The van der Waals surface area contributed by atoms with Crippen molar-refractivity contribution in [3.63, 3.8) is 0 Å². The molecule has 0 saturated heterocycles. The van der Waals surface area contributed by atoms with Crippen LogP contribution in [0.5, 0.6) is 0 Å². The molecule has 0 bridgehead atoms. The Morgan fingerprint density at radius 1 is 1.11 bits per heavy atom. The van der Waals surface area contributed by atoms with E-state index in [0.29, 0.717) is 0 Å². The minimum atomic E-state index is 0.762. The van der Waals surface area contributed by atoms with E-state index < -0.39 is 0 Å². The number of fused-ring (bicyclic) bond motifs is 1. The van der Waals surface area contributed by atoms with Crippen molar-refractivity contribution >= 4 is 27.5 Å². The molecule has 1 aromatic carbocycles. The van der Waals surface area contributed by atoms with E-state index >= 15 is 0 Å². The molecular formula is C14H14N4S. The van der Waals surface area contributed by atoms with E-state index in [9.17, 15) is 0 Å². The molecule has 2 aromatic heterocycles. The van der Waals surface area contributed by atoms with Gasteiger partial charge in [0, 0.05) is 6.54 Å². The molecule has 3 aromatic rings. The summed E-state index contributed by atoms with van der Waals surface area (Å²) in [7, 11) is 0. The number of nitrogens with zero attached hydrogens (tertiary/aromatic N) is 3. The SMILES string of the molecule is Cc1ccc(CCNc2ncnc3ncsc23)cc1. The summed E-state index contributed by atoms with van der Waals surface area (Å²) in [6.07, 6.45) is 2.53. The van der Waals surface area contributed by atoms with Gasteiger partial charge in [-0.15, -0.1) is 11.3 Å². The second kappa shape index (κ2) is 5.32. The van der Waals surface area contributed by atoms with Crippen LogP contribution in [0.4, 0.5) is 5.82 Å². The quantitative estimate of drug-likeness (QED) is 0.791. The first-order valence-corrected chi connectivity index (χ1v) is 7.04. The van der Waals surface area contributed by atoms with Crippen LogP contribution in [0.25, 0.3) is 10.3 Å². The Kier molecular flexibility index (Phi) is 3.37. The smallest absolute Gasteiger partial charge is 0.175 e. The first-order chi connectivity index (χ1) is 9.33. The van der Waals surface area contributed by atoms with Gasteiger partial charge in [0.15, 0.2) is 5.65 Å². The molecule has 0 spiro atoms. The minimum Gasteiger partial charge on any atom is -0.368 e. The molecule has 1 N–H and O–H groups in total. The number of aryl methyl sites for hydroxylation is 1. The van der Waals surface area contributed by atoms with Crippen LogP contribution < -0.4 is 5.32 Å². The van der Waals surface area contributed by atoms with Crippen molar-refractivity contribution in [2.24, 2.45) is 0 Å². The number of hydrogen-bond donors (Lipinski definition) is 1. The second-order valence-corrected chi connectivity index (χ2v) is 5.24. The zero-order chi connectivity index (χ0) is 13.1. The first-order valence-electron chi connectivity index (χ1n) is 6.16. The van der Waals surface area contributed by atoms with Gasteiger partial charge < -0.3 is 5.32 Å². The Morgan fingerprint density at radius 2 is 1.95 bits per heavy atom. The Labute approximate surface area is 115 Å². The fourth-order valence-corrected chi connectivity index (χ4v) is 2.61. The van der Waals surface area contributed by atoms with E-state index in [1.54, 1.807) is 23.2 Å². The van der Waals surface area contributed by atoms with Gasteiger partial charge in [-0.25, -0.2) is 15.0 Å². The molecule has 2 heterocycles. The summed E-state index contributed by atoms with van der Waals surface area (Å²) >= 11 is 1.56. The van der Waals surface area contributed by atoms with Gasteiger partial charge in [-0.1, -0.05) is 29.8 Å². The maximum absolute atomic E-state index is 4.27. The van der Waals surface area contributed by atoms with Gasteiger partial charge in [-0.2, -0.15) is 0 Å². The average molecular weight is 270 g/mol. The summed E-state index contributed by atoms with van der Waals surface area (Å²) in [4.78, 5) is 12.6. The molecule has 0 aliphatic rings. The number of aromatic nitrogens is 3. The van der Waals surface area contributed by atoms with E-state index in [1.165, 1.54) is 11.1 Å². The van der Waals surface area contributed by atoms with E-state index in [-0.39, 0.29) is 0 Å². The highest BCUT2D eigenvalue weighted by Crippen LogP contribution is 2.22. The highest BCUT2D eigenvalue weighted by atomic mass is 32.1. The largest absolute Gasteiger partial charge is 0.368 e. The van der Waals surface area contributed by atoms with Crippen molar-refractivity contribution in [2.75, 3.05) is 11.9 Å². The van der Waals surface area contributed by atoms with Crippen molar-refractivity contribution in [1.29, 1.82) is 0 Å². The van der Waals surface area contributed by atoms with Gasteiger partial charge in [0.25, 0.3) is 0 Å². The third kappa shape index (κ3) is 2.71. The van der Waals surface area contributed by atoms with E-state index in [0.717, 1.165) is 29.1 Å². The van der Waals surface area contributed by atoms with Gasteiger partial charge >= 0.3 is 0 Å². The maximum atomic E-state index is 4.27. The summed E-state index contributed by atoms with van der Waals surface area (Å²) in [6.45, 7) is 2.95. The normalized spacial score (nSPS) is 10.8. The molecule has 0 atom stereocenters. The predicted octanol–water partition coefficient (Wildman–Crippen LogP) is 3.05. The monoisotopic (exact) mass is 270 g/mol. The zero-order valence-corrected chi connectivity index (χ0v) is 11.4. The third-order valence-corrected chi connectivity index (χ3v) is 3.78. The van der Waals surface area contributed by atoms with Crippen LogP contribution in [0.15, 0.2) is 36.1 Å². The lowest BCUT2D eigenvalue weighted by Gasteiger charge is -2.06. The van der Waals surface area contributed by atoms with Crippen LogP contribution in [0, 0.1) is 6.92 Å². The molecule has 4 nitrogen and oxygen atoms in total. The van der Waals surface area contributed by atoms with Crippen molar-refractivity contribution in [3.8, 4) is 0 Å². The molecule has 3 rings (SSSR count). The molecular weight excluding hydrogens is 256 g/mol. The molecule has 96 valence electrons. The van der Waals surface area contributed by atoms with Gasteiger partial charge in [0.05, 0.1) is 5.51 Å². The Balaban J connectivity index is 1.66. The highest BCUT2D eigenvalue weighted by molar-refractivity contribution is 7.17. The lowest BCUT2D eigenvalue weighted by atomic mass is 10.1. The van der Waals surface area contributed by atoms with Crippen molar-refractivity contribution < 1.29 is 0 Å². The van der Waals surface area contributed by atoms with Crippen molar-refractivity contribution in [3.05, 3.63) is 47.2 Å². The summed E-state index contributed by atoms with van der Waals surface area (Å²) in [5.74, 6) is 0.875. The van der Waals surface area contributed by atoms with Gasteiger partial charge in [0.1, 0.15) is 16.8 Å². The van der Waals surface area contributed by atoms with Crippen LogP contribution in [0.2, 0.25) is 0 Å². The summed E-state index contributed by atoms with van der Waals surface area (Å²) < 4.78 is 1.02. The maximum Gasteiger partial charge on any atom is 0.175 e. The van der Waals surface area contributed by atoms with E-state index in [4.69, 9.17) is 0 Å². The molecule has 0 unspecified atom stereocenters. The number of nitrogens with one attached hydrogen (secondary N) is 1. The van der Waals surface area contributed by atoms with Crippen LogP contribution in [0.1, 0.15) is 11.1 Å².